The molecule has 1 aromatic heterocycles. The lowest BCUT2D eigenvalue weighted by Gasteiger charge is -2.09. The number of carbonyl (C=O) groups excluding carboxylic acids is 1. The van der Waals surface area contributed by atoms with Gasteiger partial charge in [-0.2, -0.15) is 0 Å². The summed E-state index contributed by atoms with van der Waals surface area (Å²) in [5, 5.41) is 3.50. The second kappa shape index (κ2) is 11.1. The number of hydrogen-bond donors (Lipinski definition) is 2. The molecule has 0 aliphatic heterocycles. The molecule has 0 saturated heterocycles. The van der Waals surface area contributed by atoms with Crippen LogP contribution in [0.3, 0.4) is 0 Å². The molecule has 0 aliphatic carbocycles. The Hall–Kier alpha value is -2.95. The molecule has 1 heterocycles. The standard InChI is InChI=1S/C22H22FN3O4S2/c1-30-14-2-13-24-22(27)16-3-12-21(25-15-16)31-19-8-6-18(7-9-19)26-32(28,29)20-10-4-17(23)5-11-20/h3-12,15,26H,2,13-14H2,1H3,(H,24,27). The van der Waals surface area contributed by atoms with Crippen molar-refractivity contribution < 1.29 is 22.3 Å². The molecule has 168 valence electrons. The molecule has 0 saturated carbocycles. The van der Waals surface area contributed by atoms with Gasteiger partial charge in [-0.3, -0.25) is 9.52 Å². The number of rotatable bonds is 10. The monoisotopic (exact) mass is 475 g/mol. The van der Waals surface area contributed by atoms with Gasteiger partial charge in [-0.15, -0.1) is 0 Å². The number of ether oxygens (including phenoxy) is 1. The van der Waals surface area contributed by atoms with Crippen LogP contribution in [0.2, 0.25) is 0 Å². The number of carbonyl (C=O) groups is 1. The van der Waals surface area contributed by atoms with E-state index < -0.39 is 15.8 Å². The highest BCUT2D eigenvalue weighted by Gasteiger charge is 2.14. The Morgan fingerprint density at radius 1 is 1.06 bits per heavy atom. The third-order valence-electron chi connectivity index (χ3n) is 4.26. The van der Waals surface area contributed by atoms with Gasteiger partial charge in [-0.25, -0.2) is 17.8 Å². The van der Waals surface area contributed by atoms with E-state index in [4.69, 9.17) is 4.74 Å². The van der Waals surface area contributed by atoms with Gasteiger partial charge in [0.1, 0.15) is 10.8 Å². The molecular weight excluding hydrogens is 453 g/mol. The normalized spacial score (nSPS) is 11.2. The first kappa shape index (κ1) is 23.7. The van der Waals surface area contributed by atoms with Crippen molar-refractivity contribution in [3.05, 3.63) is 78.2 Å². The highest BCUT2D eigenvalue weighted by atomic mass is 32.2. The molecule has 7 nitrogen and oxygen atoms in total. The zero-order valence-electron chi connectivity index (χ0n) is 17.2. The third kappa shape index (κ3) is 6.78. The Bertz CT molecular complexity index is 1140. The number of nitrogens with one attached hydrogen (secondary N) is 2. The van der Waals surface area contributed by atoms with Gasteiger partial charge in [0.2, 0.25) is 0 Å². The van der Waals surface area contributed by atoms with Crippen LogP contribution in [-0.2, 0) is 14.8 Å². The van der Waals surface area contributed by atoms with E-state index in [1.54, 1.807) is 43.5 Å². The summed E-state index contributed by atoms with van der Waals surface area (Å²) in [4.78, 5) is 17.2. The Morgan fingerprint density at radius 3 is 2.41 bits per heavy atom. The second-order valence-corrected chi connectivity index (χ2v) is 9.45. The van der Waals surface area contributed by atoms with Crippen LogP contribution in [0.4, 0.5) is 10.1 Å². The van der Waals surface area contributed by atoms with Gasteiger partial charge in [-0.05, 0) is 67.1 Å². The fourth-order valence-corrected chi connectivity index (χ4v) is 4.45. The number of pyridine rings is 1. The molecule has 0 unspecified atom stereocenters. The molecule has 2 N–H and O–H groups in total. The SMILES string of the molecule is COCCCNC(=O)c1ccc(Sc2ccc(NS(=O)(=O)c3ccc(F)cc3)cc2)nc1. The van der Waals surface area contributed by atoms with Crippen molar-refractivity contribution in [1.29, 1.82) is 0 Å². The van der Waals surface area contributed by atoms with Crippen LogP contribution in [0.5, 0.6) is 0 Å². The third-order valence-corrected chi connectivity index (χ3v) is 6.62. The van der Waals surface area contributed by atoms with Crippen molar-refractivity contribution in [1.82, 2.24) is 10.3 Å². The Kier molecular flexibility index (Phi) is 8.20. The van der Waals surface area contributed by atoms with E-state index in [-0.39, 0.29) is 10.8 Å². The number of sulfonamides is 1. The summed E-state index contributed by atoms with van der Waals surface area (Å²) in [6.07, 6.45) is 2.25. The van der Waals surface area contributed by atoms with Gasteiger partial charge in [0, 0.05) is 37.0 Å². The number of benzene rings is 2. The van der Waals surface area contributed by atoms with Crippen LogP contribution in [0.1, 0.15) is 16.8 Å². The van der Waals surface area contributed by atoms with E-state index in [1.807, 2.05) is 0 Å². The van der Waals surface area contributed by atoms with Crippen LogP contribution in [0.25, 0.3) is 0 Å². The van der Waals surface area contributed by atoms with E-state index >= 15 is 0 Å². The van der Waals surface area contributed by atoms with Crippen molar-refractivity contribution in [3.8, 4) is 0 Å². The van der Waals surface area contributed by atoms with Crippen molar-refractivity contribution in [2.75, 3.05) is 25.0 Å². The molecule has 3 aromatic rings. The summed E-state index contributed by atoms with van der Waals surface area (Å²) in [5.74, 6) is -0.697. The number of nitrogens with zero attached hydrogens (tertiary/aromatic N) is 1. The van der Waals surface area contributed by atoms with Crippen LogP contribution >= 0.6 is 11.8 Å². The predicted octanol–water partition coefficient (Wildman–Crippen LogP) is 3.94. The summed E-state index contributed by atoms with van der Waals surface area (Å²) in [6, 6.07) is 14.8. The maximum absolute atomic E-state index is 13.0. The van der Waals surface area contributed by atoms with E-state index in [9.17, 15) is 17.6 Å². The second-order valence-electron chi connectivity index (χ2n) is 6.67. The van der Waals surface area contributed by atoms with Gasteiger partial charge in [-0.1, -0.05) is 11.8 Å². The lowest BCUT2D eigenvalue weighted by molar-refractivity contribution is 0.0948. The molecular formula is C22H22FN3O4S2. The summed E-state index contributed by atoms with van der Waals surface area (Å²) >= 11 is 1.38. The average Bonchev–Trinajstić information content (AvgIpc) is 2.78. The highest BCUT2D eigenvalue weighted by Crippen LogP contribution is 2.27. The van der Waals surface area contributed by atoms with Crippen LogP contribution in [0, 0.1) is 5.82 Å². The molecule has 10 heteroatoms. The lowest BCUT2D eigenvalue weighted by atomic mass is 10.2. The van der Waals surface area contributed by atoms with E-state index in [1.165, 1.54) is 30.1 Å². The average molecular weight is 476 g/mol. The maximum Gasteiger partial charge on any atom is 0.261 e. The summed E-state index contributed by atoms with van der Waals surface area (Å²) in [6.45, 7) is 1.11. The number of hydrogen-bond acceptors (Lipinski definition) is 6. The minimum absolute atomic E-state index is 0.0237. The first-order valence-electron chi connectivity index (χ1n) is 9.67. The van der Waals surface area contributed by atoms with Gasteiger partial charge in [0.05, 0.1) is 10.5 Å². The molecule has 0 atom stereocenters. The van der Waals surface area contributed by atoms with Crippen molar-refractivity contribution >= 4 is 33.4 Å². The van der Waals surface area contributed by atoms with E-state index in [0.717, 1.165) is 23.4 Å². The summed E-state index contributed by atoms with van der Waals surface area (Å²) in [7, 11) is -2.19. The molecule has 0 spiro atoms. The predicted molar refractivity (Wildman–Crippen MR) is 121 cm³/mol. The first-order chi connectivity index (χ1) is 15.4. The lowest BCUT2D eigenvalue weighted by Crippen LogP contribution is -2.25. The Balaban J connectivity index is 1.57. The zero-order valence-corrected chi connectivity index (χ0v) is 18.9. The quantitative estimate of drug-likeness (QED) is 0.431. The zero-order chi connectivity index (χ0) is 23.0. The number of aromatic nitrogens is 1. The van der Waals surface area contributed by atoms with Gasteiger partial charge in [0.25, 0.3) is 15.9 Å². The van der Waals surface area contributed by atoms with Gasteiger partial charge in [0.15, 0.2) is 0 Å². The topological polar surface area (TPSA) is 97.4 Å². The van der Waals surface area contributed by atoms with E-state index in [2.05, 4.69) is 15.0 Å². The largest absolute Gasteiger partial charge is 0.385 e. The van der Waals surface area contributed by atoms with Gasteiger partial charge < -0.3 is 10.1 Å². The molecule has 1 amide bonds. The van der Waals surface area contributed by atoms with E-state index in [0.29, 0.717) is 29.4 Å². The fourth-order valence-electron chi connectivity index (χ4n) is 2.64. The molecule has 0 aliphatic rings. The summed E-state index contributed by atoms with van der Waals surface area (Å²) in [5.41, 5.74) is 0.851. The minimum atomic E-state index is -3.81. The molecule has 0 fully saturated rings. The maximum atomic E-state index is 13.0. The smallest absolute Gasteiger partial charge is 0.261 e. The van der Waals surface area contributed by atoms with Crippen molar-refractivity contribution in [2.24, 2.45) is 0 Å². The molecule has 3 rings (SSSR count). The van der Waals surface area contributed by atoms with Crippen LogP contribution in [0.15, 0.2) is 81.7 Å². The molecule has 32 heavy (non-hydrogen) atoms. The number of amides is 1. The van der Waals surface area contributed by atoms with Crippen LogP contribution < -0.4 is 10.0 Å². The number of methoxy groups -OCH3 is 1. The minimum Gasteiger partial charge on any atom is -0.385 e. The Labute approximate surface area is 190 Å². The molecule has 0 radical (unpaired) electrons. The van der Waals surface area contributed by atoms with Crippen LogP contribution in [-0.4, -0.2) is 39.6 Å². The Morgan fingerprint density at radius 2 is 1.78 bits per heavy atom. The van der Waals surface area contributed by atoms with Gasteiger partial charge >= 0.3 is 0 Å². The summed E-state index contributed by atoms with van der Waals surface area (Å²) < 4.78 is 45.2. The fraction of sp³-hybridized carbons (Fsp3) is 0.182. The number of anilines is 1. The molecule has 0 bridgehead atoms. The van der Waals surface area contributed by atoms with Crippen molar-refractivity contribution in [2.45, 2.75) is 21.2 Å². The van der Waals surface area contributed by atoms with Crippen molar-refractivity contribution in [3.63, 3.8) is 0 Å². The molecule has 2 aromatic carbocycles. The highest BCUT2D eigenvalue weighted by molar-refractivity contribution is 7.99. The first-order valence-corrected chi connectivity index (χ1v) is 12.0. The number of halogens is 1.